The highest BCUT2D eigenvalue weighted by Gasteiger charge is 2.19. The largest absolute Gasteiger partial charge is 0.490 e. The number of hydrogen-bond donors (Lipinski definition) is 0. The van der Waals surface area contributed by atoms with Crippen LogP contribution in [0.15, 0.2) is 12.1 Å². The van der Waals surface area contributed by atoms with E-state index in [1.807, 2.05) is 27.7 Å². The number of halogens is 1. The van der Waals surface area contributed by atoms with Gasteiger partial charge in [-0.05, 0) is 33.8 Å². The predicted molar refractivity (Wildman–Crippen MR) is 74.3 cm³/mol. The van der Waals surface area contributed by atoms with Gasteiger partial charge in [-0.1, -0.05) is 11.6 Å². The minimum atomic E-state index is -0.492. The van der Waals surface area contributed by atoms with E-state index in [1.54, 1.807) is 6.07 Å². The molecule has 0 aliphatic rings. The molecule has 106 valence electrons. The summed E-state index contributed by atoms with van der Waals surface area (Å²) in [6.07, 6.45) is -0.0927. The first kappa shape index (κ1) is 15.6. The van der Waals surface area contributed by atoms with Gasteiger partial charge >= 0.3 is 5.97 Å². The van der Waals surface area contributed by atoms with Crippen LogP contribution in [0.5, 0.6) is 11.5 Å². The van der Waals surface area contributed by atoms with Gasteiger partial charge in [-0.15, -0.1) is 0 Å². The number of benzene rings is 1. The third-order valence-corrected chi connectivity index (χ3v) is 2.46. The van der Waals surface area contributed by atoms with Crippen molar-refractivity contribution in [3.05, 3.63) is 22.7 Å². The standard InChI is InChI=1S/C14H19ClO4/c1-8(2)18-12-7-13(19-9(3)4)11(15)6-10(12)14(16)17-5/h6-9H,1-5H3. The number of ether oxygens (including phenoxy) is 3. The molecule has 0 radical (unpaired) electrons. The predicted octanol–water partition coefficient (Wildman–Crippen LogP) is 3.70. The second kappa shape index (κ2) is 6.66. The van der Waals surface area contributed by atoms with Crippen molar-refractivity contribution in [1.29, 1.82) is 0 Å². The van der Waals surface area contributed by atoms with E-state index in [-0.39, 0.29) is 17.8 Å². The lowest BCUT2D eigenvalue weighted by atomic mass is 10.2. The van der Waals surface area contributed by atoms with E-state index in [4.69, 9.17) is 25.8 Å². The summed E-state index contributed by atoms with van der Waals surface area (Å²) in [6, 6.07) is 3.12. The minimum absolute atomic E-state index is 0.0200. The van der Waals surface area contributed by atoms with Crippen LogP contribution in [0.25, 0.3) is 0 Å². The molecule has 0 aliphatic heterocycles. The zero-order chi connectivity index (χ0) is 14.6. The van der Waals surface area contributed by atoms with Crippen molar-refractivity contribution >= 4 is 17.6 Å². The molecule has 0 bridgehead atoms. The lowest BCUT2D eigenvalue weighted by Gasteiger charge is -2.17. The fourth-order valence-corrected chi connectivity index (χ4v) is 1.71. The van der Waals surface area contributed by atoms with Gasteiger partial charge in [0.2, 0.25) is 0 Å². The highest BCUT2D eigenvalue weighted by Crippen LogP contribution is 2.34. The third kappa shape index (κ3) is 4.31. The van der Waals surface area contributed by atoms with Crippen molar-refractivity contribution in [2.75, 3.05) is 7.11 Å². The Morgan fingerprint density at radius 3 is 2.05 bits per heavy atom. The van der Waals surface area contributed by atoms with Crippen molar-refractivity contribution in [1.82, 2.24) is 0 Å². The number of carbonyl (C=O) groups excluding carboxylic acids is 1. The summed E-state index contributed by atoms with van der Waals surface area (Å²) in [5.41, 5.74) is 0.289. The number of rotatable bonds is 5. The molecule has 1 rings (SSSR count). The fraction of sp³-hybridized carbons (Fsp3) is 0.500. The number of methoxy groups -OCH3 is 1. The summed E-state index contributed by atoms with van der Waals surface area (Å²) < 4.78 is 15.9. The van der Waals surface area contributed by atoms with E-state index in [0.29, 0.717) is 16.5 Å². The van der Waals surface area contributed by atoms with Crippen LogP contribution in [0.2, 0.25) is 5.02 Å². The molecule has 0 fully saturated rings. The van der Waals surface area contributed by atoms with E-state index in [1.165, 1.54) is 13.2 Å². The topological polar surface area (TPSA) is 44.8 Å². The number of esters is 1. The average molecular weight is 287 g/mol. The molecule has 0 heterocycles. The monoisotopic (exact) mass is 286 g/mol. The summed E-state index contributed by atoms with van der Waals surface area (Å²) >= 11 is 6.09. The molecule has 1 aromatic carbocycles. The van der Waals surface area contributed by atoms with E-state index in [0.717, 1.165) is 0 Å². The quantitative estimate of drug-likeness (QED) is 0.774. The van der Waals surface area contributed by atoms with E-state index >= 15 is 0 Å². The van der Waals surface area contributed by atoms with Crippen molar-refractivity contribution in [2.24, 2.45) is 0 Å². The molecular weight excluding hydrogens is 268 g/mol. The highest BCUT2D eigenvalue weighted by atomic mass is 35.5. The highest BCUT2D eigenvalue weighted by molar-refractivity contribution is 6.32. The van der Waals surface area contributed by atoms with Gasteiger partial charge in [0.25, 0.3) is 0 Å². The Morgan fingerprint density at radius 2 is 1.58 bits per heavy atom. The Hall–Kier alpha value is -1.42. The lowest BCUT2D eigenvalue weighted by molar-refractivity contribution is 0.0594. The summed E-state index contributed by atoms with van der Waals surface area (Å²) in [7, 11) is 1.31. The van der Waals surface area contributed by atoms with E-state index in [9.17, 15) is 4.79 Å². The smallest absolute Gasteiger partial charge is 0.341 e. The van der Waals surface area contributed by atoms with Gasteiger partial charge in [0.15, 0.2) is 0 Å². The van der Waals surface area contributed by atoms with Crippen LogP contribution in [0.1, 0.15) is 38.1 Å². The molecule has 1 aromatic rings. The van der Waals surface area contributed by atoms with E-state index in [2.05, 4.69) is 0 Å². The molecule has 0 amide bonds. The van der Waals surface area contributed by atoms with Crippen molar-refractivity contribution in [2.45, 2.75) is 39.9 Å². The maximum atomic E-state index is 11.7. The second-order valence-corrected chi connectivity index (χ2v) is 5.01. The van der Waals surface area contributed by atoms with Gasteiger partial charge in [-0.3, -0.25) is 0 Å². The molecule has 0 saturated carbocycles. The summed E-state index contributed by atoms with van der Waals surface area (Å²) in [6.45, 7) is 7.54. The van der Waals surface area contributed by atoms with Crippen LogP contribution in [-0.2, 0) is 4.74 Å². The Bertz CT molecular complexity index is 455. The van der Waals surface area contributed by atoms with Gasteiger partial charge in [0, 0.05) is 6.07 Å². The molecule has 0 saturated heterocycles. The van der Waals surface area contributed by atoms with Crippen LogP contribution in [-0.4, -0.2) is 25.3 Å². The van der Waals surface area contributed by atoms with Crippen LogP contribution in [0.4, 0.5) is 0 Å². The first-order chi connectivity index (χ1) is 8.85. The number of hydrogen-bond acceptors (Lipinski definition) is 4. The molecular formula is C14H19ClO4. The zero-order valence-corrected chi connectivity index (χ0v) is 12.6. The van der Waals surface area contributed by atoms with Gasteiger partial charge < -0.3 is 14.2 Å². The van der Waals surface area contributed by atoms with Gasteiger partial charge in [-0.2, -0.15) is 0 Å². The van der Waals surface area contributed by atoms with Crippen LogP contribution in [0, 0.1) is 0 Å². The molecule has 0 spiro atoms. The molecule has 0 N–H and O–H groups in total. The molecule has 0 unspecified atom stereocenters. The van der Waals surface area contributed by atoms with Crippen molar-refractivity contribution in [3.8, 4) is 11.5 Å². The SMILES string of the molecule is COC(=O)c1cc(Cl)c(OC(C)C)cc1OC(C)C. The second-order valence-electron chi connectivity index (χ2n) is 4.60. The summed E-state index contributed by atoms with van der Waals surface area (Å²) in [5.74, 6) is 0.399. The summed E-state index contributed by atoms with van der Waals surface area (Å²) in [4.78, 5) is 11.7. The van der Waals surface area contributed by atoms with Crippen LogP contribution in [0.3, 0.4) is 0 Å². The molecule has 0 atom stereocenters. The minimum Gasteiger partial charge on any atom is -0.490 e. The molecule has 0 aromatic heterocycles. The van der Waals surface area contributed by atoms with Gasteiger partial charge in [0.1, 0.15) is 17.1 Å². The van der Waals surface area contributed by atoms with Crippen molar-refractivity contribution in [3.63, 3.8) is 0 Å². The van der Waals surface area contributed by atoms with Gasteiger partial charge in [-0.25, -0.2) is 4.79 Å². The zero-order valence-electron chi connectivity index (χ0n) is 11.8. The molecule has 4 nitrogen and oxygen atoms in total. The van der Waals surface area contributed by atoms with Crippen LogP contribution < -0.4 is 9.47 Å². The first-order valence-electron chi connectivity index (χ1n) is 6.10. The lowest BCUT2D eigenvalue weighted by Crippen LogP contribution is -2.12. The normalized spacial score (nSPS) is 10.7. The van der Waals surface area contributed by atoms with Crippen LogP contribution >= 0.6 is 11.6 Å². The molecule has 5 heteroatoms. The Balaban J connectivity index is 3.23. The Labute approximate surface area is 118 Å². The Kier molecular flexibility index (Phi) is 5.48. The third-order valence-electron chi connectivity index (χ3n) is 2.16. The maximum Gasteiger partial charge on any atom is 0.341 e. The summed E-state index contributed by atoms with van der Waals surface area (Å²) in [5, 5.41) is 0.352. The van der Waals surface area contributed by atoms with E-state index < -0.39 is 5.97 Å². The number of carbonyl (C=O) groups is 1. The average Bonchev–Trinajstić information content (AvgIpc) is 2.30. The molecule has 0 aliphatic carbocycles. The molecule has 19 heavy (non-hydrogen) atoms. The fourth-order valence-electron chi connectivity index (χ4n) is 1.50. The van der Waals surface area contributed by atoms with Crippen molar-refractivity contribution < 1.29 is 19.0 Å². The maximum absolute atomic E-state index is 11.7. The first-order valence-corrected chi connectivity index (χ1v) is 6.48. The Morgan fingerprint density at radius 1 is 1.05 bits per heavy atom. The van der Waals surface area contributed by atoms with Gasteiger partial charge in [0.05, 0.1) is 24.3 Å².